The van der Waals surface area contributed by atoms with Crippen LogP contribution in [-0.2, 0) is 13.0 Å². The monoisotopic (exact) mass is 443 g/mol. The maximum atomic E-state index is 13.8. The number of benzene rings is 1. The van der Waals surface area contributed by atoms with Gasteiger partial charge in [0.25, 0.3) is 11.8 Å². The van der Waals surface area contributed by atoms with Crippen molar-refractivity contribution in [3.63, 3.8) is 0 Å². The molecule has 0 saturated carbocycles. The Morgan fingerprint density at radius 1 is 1.19 bits per heavy atom. The first-order valence-electron chi connectivity index (χ1n) is 10.9. The lowest BCUT2D eigenvalue weighted by Crippen LogP contribution is -2.36. The van der Waals surface area contributed by atoms with Crippen LogP contribution in [0.5, 0.6) is 0 Å². The molecule has 0 atom stereocenters. The zero-order valence-corrected chi connectivity index (χ0v) is 18.4. The minimum absolute atomic E-state index is 0.0118. The Hall–Kier alpha value is -3.28. The molecule has 2 aromatic rings. The van der Waals surface area contributed by atoms with Crippen molar-refractivity contribution < 1.29 is 18.4 Å². The van der Waals surface area contributed by atoms with Gasteiger partial charge in [-0.25, -0.2) is 13.8 Å². The van der Waals surface area contributed by atoms with Crippen LogP contribution in [0.4, 0.5) is 14.6 Å². The van der Waals surface area contributed by atoms with Crippen LogP contribution in [-0.4, -0.2) is 46.4 Å². The summed E-state index contributed by atoms with van der Waals surface area (Å²) in [6.07, 6.45) is 4.13. The first-order chi connectivity index (χ1) is 15.4. The number of anilines is 1. The zero-order valence-electron chi connectivity index (χ0n) is 18.4. The molecule has 7 nitrogen and oxygen atoms in total. The van der Waals surface area contributed by atoms with Crippen LogP contribution in [0.25, 0.3) is 0 Å². The predicted molar refractivity (Wildman–Crippen MR) is 115 cm³/mol. The van der Waals surface area contributed by atoms with Crippen LogP contribution in [0, 0.1) is 23.0 Å². The molecule has 0 fully saturated rings. The summed E-state index contributed by atoms with van der Waals surface area (Å²) in [5.74, 6) is -2.05. The average molecular weight is 443 g/mol. The number of aromatic nitrogens is 2. The molecule has 1 aromatic heterocycles. The van der Waals surface area contributed by atoms with E-state index in [1.165, 1.54) is 15.9 Å². The van der Waals surface area contributed by atoms with Crippen molar-refractivity contribution in [2.45, 2.75) is 52.0 Å². The Morgan fingerprint density at radius 2 is 1.97 bits per heavy atom. The van der Waals surface area contributed by atoms with Crippen molar-refractivity contribution >= 4 is 17.6 Å². The molecule has 1 aliphatic heterocycles. The molecule has 1 aliphatic rings. The van der Waals surface area contributed by atoms with Gasteiger partial charge in [0.15, 0.2) is 23.1 Å². The fraction of sp³-hybridized carbons (Fsp3) is 0.478. The number of carbonyl (C=O) groups excluding carboxylic acids is 2. The molecule has 0 radical (unpaired) electrons. The van der Waals surface area contributed by atoms with Gasteiger partial charge in [-0.2, -0.15) is 5.26 Å². The maximum absolute atomic E-state index is 13.8. The van der Waals surface area contributed by atoms with Gasteiger partial charge in [-0.05, 0) is 37.5 Å². The largest absolute Gasteiger partial charge is 0.339 e. The van der Waals surface area contributed by atoms with Crippen LogP contribution in [0.2, 0.25) is 0 Å². The topological polar surface area (TPSA) is 82.2 Å². The minimum atomic E-state index is -1.11. The highest BCUT2D eigenvalue weighted by Crippen LogP contribution is 2.29. The molecule has 9 heteroatoms. The number of nitrogens with zero attached hydrogens (tertiary/aromatic N) is 5. The van der Waals surface area contributed by atoms with E-state index < -0.39 is 17.5 Å². The first kappa shape index (κ1) is 23.4. The second kappa shape index (κ2) is 10.4. The number of carbonyl (C=O) groups is 2. The molecule has 0 aliphatic carbocycles. The number of unbranched alkanes of at least 4 members (excludes halogenated alkanes) is 1. The molecule has 0 N–H and O–H groups in total. The third-order valence-corrected chi connectivity index (χ3v) is 5.57. The standard InChI is InChI=1S/C23H27F2N5O2/c1-3-4-13-30(22(31)16-9-10-17(24)18(25)15-16)21-20(23(32)28(2)12-7-11-26)29-14-6-5-8-19(29)27-21/h9-10,15H,3-8,12-14H2,1-2H3. The van der Waals surface area contributed by atoms with Crippen LogP contribution < -0.4 is 4.90 Å². The third kappa shape index (κ3) is 4.79. The van der Waals surface area contributed by atoms with Crippen LogP contribution in [0.1, 0.15) is 65.7 Å². The summed E-state index contributed by atoms with van der Waals surface area (Å²) < 4.78 is 29.1. The lowest BCUT2D eigenvalue weighted by molar-refractivity contribution is 0.0786. The Bertz CT molecular complexity index is 1040. The molecule has 1 aromatic carbocycles. The van der Waals surface area contributed by atoms with E-state index in [0.717, 1.165) is 37.2 Å². The number of rotatable bonds is 8. The maximum Gasteiger partial charge on any atom is 0.274 e. The zero-order chi connectivity index (χ0) is 23.3. The lowest BCUT2D eigenvalue weighted by Gasteiger charge is -2.24. The van der Waals surface area contributed by atoms with Crippen LogP contribution in [0.3, 0.4) is 0 Å². The molecule has 0 unspecified atom stereocenters. The summed E-state index contributed by atoms with van der Waals surface area (Å²) in [4.78, 5) is 34.2. The second-order valence-electron chi connectivity index (χ2n) is 7.88. The molecule has 0 bridgehead atoms. The van der Waals surface area contributed by atoms with Gasteiger partial charge in [-0.3, -0.25) is 14.5 Å². The van der Waals surface area contributed by atoms with E-state index in [0.29, 0.717) is 25.1 Å². The summed E-state index contributed by atoms with van der Waals surface area (Å²) in [7, 11) is 1.61. The quantitative estimate of drug-likeness (QED) is 0.619. The molecule has 3 rings (SSSR count). The van der Waals surface area contributed by atoms with Gasteiger partial charge < -0.3 is 9.47 Å². The number of halogens is 2. The van der Waals surface area contributed by atoms with Crippen molar-refractivity contribution in [3.8, 4) is 6.07 Å². The number of aryl methyl sites for hydroxylation is 1. The van der Waals surface area contributed by atoms with Gasteiger partial charge in [0.2, 0.25) is 0 Å². The summed E-state index contributed by atoms with van der Waals surface area (Å²) in [5.41, 5.74) is 0.286. The normalized spacial score (nSPS) is 12.7. The SMILES string of the molecule is CCCCN(C(=O)c1ccc(F)c(F)c1)c1nc2n(c1C(=O)N(C)CCC#N)CCCC2. The predicted octanol–water partition coefficient (Wildman–Crippen LogP) is 3.93. The molecule has 32 heavy (non-hydrogen) atoms. The van der Waals surface area contributed by atoms with Crippen LogP contribution >= 0.6 is 0 Å². The van der Waals surface area contributed by atoms with E-state index in [4.69, 9.17) is 5.26 Å². The molecule has 0 saturated heterocycles. The third-order valence-electron chi connectivity index (χ3n) is 5.57. The van der Waals surface area contributed by atoms with Gasteiger partial charge in [0.1, 0.15) is 5.82 Å². The fourth-order valence-corrected chi connectivity index (χ4v) is 3.77. The Morgan fingerprint density at radius 3 is 2.66 bits per heavy atom. The Kier molecular flexibility index (Phi) is 7.57. The van der Waals surface area contributed by atoms with Gasteiger partial charge >= 0.3 is 0 Å². The number of nitriles is 1. The Labute approximate surface area is 186 Å². The molecule has 170 valence electrons. The van der Waals surface area contributed by atoms with Gasteiger partial charge in [0.05, 0.1) is 12.5 Å². The van der Waals surface area contributed by atoms with Crippen molar-refractivity contribution in [2.24, 2.45) is 0 Å². The van der Waals surface area contributed by atoms with Crippen molar-refractivity contribution in [3.05, 3.63) is 46.9 Å². The van der Waals surface area contributed by atoms with Gasteiger partial charge in [0, 0.05) is 38.7 Å². The van der Waals surface area contributed by atoms with Crippen LogP contribution in [0.15, 0.2) is 18.2 Å². The van der Waals surface area contributed by atoms with Crippen molar-refractivity contribution in [2.75, 3.05) is 25.0 Å². The lowest BCUT2D eigenvalue weighted by atomic mass is 10.1. The summed E-state index contributed by atoms with van der Waals surface area (Å²) in [5, 5.41) is 8.88. The molecule has 0 spiro atoms. The highest BCUT2D eigenvalue weighted by molar-refractivity contribution is 6.09. The smallest absolute Gasteiger partial charge is 0.274 e. The van der Waals surface area contributed by atoms with Gasteiger partial charge in [-0.1, -0.05) is 13.3 Å². The van der Waals surface area contributed by atoms with Crippen molar-refractivity contribution in [1.82, 2.24) is 14.5 Å². The van der Waals surface area contributed by atoms with E-state index in [1.54, 1.807) is 7.05 Å². The Balaban J connectivity index is 2.08. The summed E-state index contributed by atoms with van der Waals surface area (Å²) in [6.45, 7) is 3.12. The van der Waals surface area contributed by atoms with E-state index in [9.17, 15) is 18.4 Å². The summed E-state index contributed by atoms with van der Waals surface area (Å²) in [6, 6.07) is 5.05. The number of amides is 2. The number of hydrogen-bond donors (Lipinski definition) is 0. The molecular weight excluding hydrogens is 416 g/mol. The molecule has 2 amide bonds. The van der Waals surface area contributed by atoms with E-state index >= 15 is 0 Å². The van der Waals surface area contributed by atoms with Crippen molar-refractivity contribution in [1.29, 1.82) is 5.26 Å². The second-order valence-corrected chi connectivity index (χ2v) is 7.88. The number of fused-ring (bicyclic) bond motifs is 1. The first-order valence-corrected chi connectivity index (χ1v) is 10.9. The fourth-order valence-electron chi connectivity index (χ4n) is 3.77. The summed E-state index contributed by atoms with van der Waals surface area (Å²) >= 11 is 0. The minimum Gasteiger partial charge on any atom is -0.339 e. The van der Waals surface area contributed by atoms with E-state index in [-0.39, 0.29) is 36.8 Å². The molecule has 2 heterocycles. The highest BCUT2D eigenvalue weighted by Gasteiger charge is 2.32. The molecular formula is C23H27F2N5O2. The van der Waals surface area contributed by atoms with Gasteiger partial charge in [-0.15, -0.1) is 0 Å². The highest BCUT2D eigenvalue weighted by atomic mass is 19.2. The number of imidazole rings is 1. The van der Waals surface area contributed by atoms with E-state index in [2.05, 4.69) is 4.98 Å². The number of hydrogen-bond acceptors (Lipinski definition) is 4. The van der Waals surface area contributed by atoms with E-state index in [1.807, 2.05) is 17.6 Å². The average Bonchev–Trinajstić information content (AvgIpc) is 3.18.